The zero-order valence-electron chi connectivity index (χ0n) is 15.5. The molecule has 0 saturated carbocycles. The van der Waals surface area contributed by atoms with Gasteiger partial charge in [-0.1, -0.05) is 0 Å². The second kappa shape index (κ2) is 7.20. The van der Waals surface area contributed by atoms with Crippen LogP contribution in [0.1, 0.15) is 19.3 Å². The van der Waals surface area contributed by atoms with Crippen molar-refractivity contribution in [2.45, 2.75) is 19.3 Å². The lowest BCUT2D eigenvalue weighted by atomic mass is 9.96. The SMILES string of the molecule is O=C1CN(CCC2CCOCC2)c2nc(-c3cnc4[nH]ccc4c3)cnc2N1. The highest BCUT2D eigenvalue weighted by Gasteiger charge is 2.26. The Kier molecular flexibility index (Phi) is 4.40. The van der Waals surface area contributed by atoms with E-state index in [1.807, 2.05) is 23.2 Å². The second-order valence-electron chi connectivity index (χ2n) is 7.38. The summed E-state index contributed by atoms with van der Waals surface area (Å²) in [5.74, 6) is 1.86. The second-order valence-corrected chi connectivity index (χ2v) is 7.38. The number of fused-ring (bicyclic) bond motifs is 2. The van der Waals surface area contributed by atoms with E-state index < -0.39 is 0 Å². The Morgan fingerprint density at radius 3 is 3.00 bits per heavy atom. The number of rotatable bonds is 4. The molecule has 8 heteroatoms. The predicted molar refractivity (Wildman–Crippen MR) is 106 cm³/mol. The molecule has 2 aliphatic heterocycles. The number of carbonyl (C=O) groups excluding carboxylic acids is 1. The van der Waals surface area contributed by atoms with Crippen molar-refractivity contribution in [3.05, 3.63) is 30.7 Å². The summed E-state index contributed by atoms with van der Waals surface area (Å²) in [7, 11) is 0. The Balaban J connectivity index is 1.42. The van der Waals surface area contributed by atoms with Gasteiger partial charge in [0.2, 0.25) is 5.91 Å². The molecule has 1 amide bonds. The third-order valence-electron chi connectivity index (χ3n) is 5.49. The number of amides is 1. The molecule has 28 heavy (non-hydrogen) atoms. The Hall–Kier alpha value is -3.00. The first-order valence-electron chi connectivity index (χ1n) is 9.69. The fourth-order valence-electron chi connectivity index (χ4n) is 3.89. The average Bonchev–Trinajstić information content (AvgIpc) is 3.20. The highest BCUT2D eigenvalue weighted by Crippen LogP contribution is 2.30. The van der Waals surface area contributed by atoms with Crippen LogP contribution in [0.2, 0.25) is 0 Å². The smallest absolute Gasteiger partial charge is 0.245 e. The molecule has 1 saturated heterocycles. The van der Waals surface area contributed by atoms with E-state index in [0.29, 0.717) is 18.3 Å². The normalized spacial score (nSPS) is 17.6. The van der Waals surface area contributed by atoms with Crippen LogP contribution in [0.5, 0.6) is 0 Å². The molecule has 0 atom stereocenters. The summed E-state index contributed by atoms with van der Waals surface area (Å²) in [6, 6.07) is 4.03. The van der Waals surface area contributed by atoms with Gasteiger partial charge in [-0.15, -0.1) is 0 Å². The number of H-pyrrole nitrogens is 1. The van der Waals surface area contributed by atoms with E-state index in [2.05, 4.69) is 20.3 Å². The minimum absolute atomic E-state index is 0.0445. The lowest BCUT2D eigenvalue weighted by Crippen LogP contribution is -2.40. The summed E-state index contributed by atoms with van der Waals surface area (Å²) < 4.78 is 5.45. The molecular weight excluding hydrogens is 356 g/mol. The Bertz CT molecular complexity index is 1010. The van der Waals surface area contributed by atoms with Gasteiger partial charge in [-0.3, -0.25) is 4.79 Å². The van der Waals surface area contributed by atoms with Gasteiger partial charge in [0, 0.05) is 43.1 Å². The van der Waals surface area contributed by atoms with Crippen molar-refractivity contribution in [3.8, 4) is 11.3 Å². The zero-order valence-corrected chi connectivity index (χ0v) is 15.5. The van der Waals surface area contributed by atoms with E-state index >= 15 is 0 Å². The summed E-state index contributed by atoms with van der Waals surface area (Å²) in [6.45, 7) is 2.77. The molecule has 2 N–H and O–H groups in total. The molecule has 3 aromatic heterocycles. The van der Waals surface area contributed by atoms with E-state index in [-0.39, 0.29) is 5.91 Å². The summed E-state index contributed by atoms with van der Waals surface area (Å²) >= 11 is 0. The molecule has 0 radical (unpaired) electrons. The maximum Gasteiger partial charge on any atom is 0.245 e. The number of pyridine rings is 1. The van der Waals surface area contributed by atoms with Gasteiger partial charge in [0.05, 0.1) is 18.4 Å². The van der Waals surface area contributed by atoms with E-state index in [1.165, 1.54) is 0 Å². The van der Waals surface area contributed by atoms with Gasteiger partial charge in [0.1, 0.15) is 5.65 Å². The van der Waals surface area contributed by atoms with Gasteiger partial charge in [0.25, 0.3) is 0 Å². The molecule has 5 heterocycles. The molecule has 0 spiro atoms. The first kappa shape index (κ1) is 17.1. The molecular formula is C20H22N6O2. The van der Waals surface area contributed by atoms with Gasteiger partial charge in [-0.25, -0.2) is 15.0 Å². The summed E-state index contributed by atoms with van der Waals surface area (Å²) in [5, 5.41) is 3.87. The molecule has 0 aromatic carbocycles. The highest BCUT2D eigenvalue weighted by molar-refractivity contribution is 5.99. The number of aromatic nitrogens is 4. The Morgan fingerprint density at radius 2 is 2.11 bits per heavy atom. The lowest BCUT2D eigenvalue weighted by molar-refractivity contribution is -0.115. The van der Waals surface area contributed by atoms with Crippen molar-refractivity contribution in [1.82, 2.24) is 19.9 Å². The van der Waals surface area contributed by atoms with Gasteiger partial charge < -0.3 is 19.9 Å². The fraction of sp³-hybridized carbons (Fsp3) is 0.400. The van der Waals surface area contributed by atoms with E-state index in [4.69, 9.17) is 9.72 Å². The minimum Gasteiger partial charge on any atom is -0.381 e. The van der Waals surface area contributed by atoms with Crippen LogP contribution in [-0.4, -0.2) is 52.1 Å². The molecule has 0 unspecified atom stereocenters. The van der Waals surface area contributed by atoms with Crippen LogP contribution >= 0.6 is 0 Å². The quantitative estimate of drug-likeness (QED) is 0.724. The molecule has 0 aliphatic carbocycles. The number of nitrogens with one attached hydrogen (secondary N) is 2. The Morgan fingerprint density at radius 1 is 1.21 bits per heavy atom. The van der Waals surface area contributed by atoms with Crippen LogP contribution in [-0.2, 0) is 9.53 Å². The zero-order chi connectivity index (χ0) is 18.9. The average molecular weight is 378 g/mol. The number of hydrogen-bond donors (Lipinski definition) is 2. The summed E-state index contributed by atoms with van der Waals surface area (Å²) in [4.78, 5) is 31.0. The number of aromatic amines is 1. The first-order valence-corrected chi connectivity index (χ1v) is 9.69. The van der Waals surface area contributed by atoms with Gasteiger partial charge in [-0.05, 0) is 37.3 Å². The Labute approximate surface area is 162 Å². The van der Waals surface area contributed by atoms with Crippen molar-refractivity contribution >= 4 is 28.6 Å². The lowest BCUT2D eigenvalue weighted by Gasteiger charge is -2.31. The van der Waals surface area contributed by atoms with Crippen molar-refractivity contribution in [2.24, 2.45) is 5.92 Å². The molecule has 8 nitrogen and oxygen atoms in total. The van der Waals surface area contributed by atoms with E-state index in [1.54, 1.807) is 12.4 Å². The van der Waals surface area contributed by atoms with Gasteiger partial charge >= 0.3 is 0 Å². The number of hydrogen-bond acceptors (Lipinski definition) is 6. The van der Waals surface area contributed by atoms with Crippen LogP contribution in [0, 0.1) is 5.92 Å². The van der Waals surface area contributed by atoms with Gasteiger partial charge in [-0.2, -0.15) is 0 Å². The molecule has 2 aliphatic rings. The molecule has 144 valence electrons. The number of anilines is 2. The van der Waals surface area contributed by atoms with Crippen LogP contribution < -0.4 is 10.2 Å². The van der Waals surface area contributed by atoms with Crippen LogP contribution in [0.25, 0.3) is 22.3 Å². The largest absolute Gasteiger partial charge is 0.381 e. The molecule has 5 rings (SSSR count). The standard InChI is InChI=1S/C20H22N6O2/c27-17-12-26(6-2-13-3-7-28-8-4-13)20-19(25-17)23-11-16(24-20)15-9-14-1-5-21-18(14)22-10-15/h1,5,9-11,13H,2-4,6-8,12H2,(H,21,22)(H,23,25,27). The topological polar surface area (TPSA) is 96.0 Å². The maximum absolute atomic E-state index is 12.1. The molecule has 3 aromatic rings. The monoisotopic (exact) mass is 378 g/mol. The van der Waals surface area contributed by atoms with Crippen LogP contribution in [0.4, 0.5) is 11.6 Å². The third kappa shape index (κ3) is 3.31. The van der Waals surface area contributed by atoms with E-state index in [0.717, 1.165) is 67.1 Å². The van der Waals surface area contributed by atoms with Crippen molar-refractivity contribution < 1.29 is 9.53 Å². The van der Waals surface area contributed by atoms with Crippen molar-refractivity contribution in [2.75, 3.05) is 36.5 Å². The van der Waals surface area contributed by atoms with Crippen molar-refractivity contribution in [3.63, 3.8) is 0 Å². The van der Waals surface area contributed by atoms with E-state index in [9.17, 15) is 4.79 Å². The summed E-state index contributed by atoms with van der Waals surface area (Å²) in [6.07, 6.45) is 8.55. The maximum atomic E-state index is 12.1. The van der Waals surface area contributed by atoms with Crippen molar-refractivity contribution in [1.29, 1.82) is 0 Å². The molecule has 0 bridgehead atoms. The fourth-order valence-corrected chi connectivity index (χ4v) is 3.89. The first-order chi connectivity index (χ1) is 13.8. The molecule has 1 fully saturated rings. The number of ether oxygens (including phenoxy) is 1. The third-order valence-corrected chi connectivity index (χ3v) is 5.49. The number of carbonyl (C=O) groups is 1. The van der Waals surface area contributed by atoms with Gasteiger partial charge in [0.15, 0.2) is 11.6 Å². The number of nitrogens with zero attached hydrogens (tertiary/aromatic N) is 4. The highest BCUT2D eigenvalue weighted by atomic mass is 16.5. The van der Waals surface area contributed by atoms with Crippen LogP contribution in [0.15, 0.2) is 30.7 Å². The predicted octanol–water partition coefficient (Wildman–Crippen LogP) is 2.60. The minimum atomic E-state index is -0.0445. The summed E-state index contributed by atoms with van der Waals surface area (Å²) in [5.41, 5.74) is 2.50. The van der Waals surface area contributed by atoms with Crippen LogP contribution in [0.3, 0.4) is 0 Å².